The average Bonchev–Trinajstić information content (AvgIpc) is 2.38. The van der Waals surface area contributed by atoms with Crippen LogP contribution in [0.1, 0.15) is 23.7 Å². The van der Waals surface area contributed by atoms with Crippen LogP contribution in [-0.2, 0) is 4.79 Å². The van der Waals surface area contributed by atoms with Gasteiger partial charge in [-0.3, -0.25) is 9.59 Å². The van der Waals surface area contributed by atoms with Gasteiger partial charge < -0.3 is 10.4 Å². The molecule has 1 amide bonds. The van der Waals surface area contributed by atoms with Gasteiger partial charge in [0.15, 0.2) is 0 Å². The highest BCUT2D eigenvalue weighted by atomic mass is 32.2. The maximum atomic E-state index is 12.4. The Balaban J connectivity index is 2.61. The summed E-state index contributed by atoms with van der Waals surface area (Å²) in [6, 6.07) is 6.07. The van der Waals surface area contributed by atoms with Crippen molar-refractivity contribution in [3.8, 4) is 0 Å². The van der Waals surface area contributed by atoms with E-state index in [9.17, 15) is 18.4 Å². The van der Waals surface area contributed by atoms with Crippen molar-refractivity contribution in [2.24, 2.45) is 5.92 Å². The molecule has 2 N–H and O–H groups in total. The molecule has 0 radical (unpaired) electrons. The van der Waals surface area contributed by atoms with Crippen LogP contribution in [0, 0.1) is 5.92 Å². The van der Waals surface area contributed by atoms with Gasteiger partial charge in [-0.25, -0.2) is 0 Å². The molecule has 1 aromatic rings. The first-order valence-electron chi connectivity index (χ1n) is 5.96. The summed E-state index contributed by atoms with van der Waals surface area (Å²) in [6.45, 7) is 1.72. The molecule has 1 aromatic carbocycles. The van der Waals surface area contributed by atoms with Crippen molar-refractivity contribution >= 4 is 23.6 Å². The van der Waals surface area contributed by atoms with Crippen LogP contribution in [0.25, 0.3) is 0 Å². The molecule has 1 unspecified atom stereocenters. The van der Waals surface area contributed by atoms with Crippen molar-refractivity contribution in [1.29, 1.82) is 0 Å². The number of thioether (sulfide) groups is 1. The number of hydrogen-bond donors (Lipinski definition) is 2. The number of amides is 1. The molecule has 4 nitrogen and oxygen atoms in total. The number of benzene rings is 1. The van der Waals surface area contributed by atoms with Gasteiger partial charge in [0, 0.05) is 11.4 Å². The maximum absolute atomic E-state index is 12.4. The standard InChI is InChI=1S/C13H15F2NO3S/c1-8(12(18)19)6-7-16-11(17)9-4-2-3-5-10(9)20-13(14)15/h2-5,8,13H,6-7H2,1H3,(H,16,17)(H,18,19). The highest BCUT2D eigenvalue weighted by molar-refractivity contribution is 7.99. The van der Waals surface area contributed by atoms with Gasteiger partial charge in [0.1, 0.15) is 0 Å². The number of halogens is 2. The van der Waals surface area contributed by atoms with Crippen LogP contribution in [0.4, 0.5) is 8.78 Å². The lowest BCUT2D eigenvalue weighted by Crippen LogP contribution is -2.27. The molecule has 0 aromatic heterocycles. The Hall–Kier alpha value is -1.63. The number of hydrogen-bond acceptors (Lipinski definition) is 3. The summed E-state index contributed by atoms with van der Waals surface area (Å²) >= 11 is 0.310. The summed E-state index contributed by atoms with van der Waals surface area (Å²) in [5, 5.41) is 11.2. The molecule has 20 heavy (non-hydrogen) atoms. The van der Waals surface area contributed by atoms with Crippen LogP contribution >= 0.6 is 11.8 Å². The Morgan fingerprint density at radius 1 is 1.35 bits per heavy atom. The molecule has 0 aliphatic rings. The van der Waals surface area contributed by atoms with E-state index in [1.165, 1.54) is 19.1 Å². The van der Waals surface area contributed by atoms with Crippen molar-refractivity contribution < 1.29 is 23.5 Å². The summed E-state index contributed by atoms with van der Waals surface area (Å²) in [7, 11) is 0. The number of carboxylic acids is 1. The van der Waals surface area contributed by atoms with E-state index >= 15 is 0 Å². The summed E-state index contributed by atoms with van der Waals surface area (Å²) in [6.07, 6.45) is 0.283. The Morgan fingerprint density at radius 3 is 2.60 bits per heavy atom. The molecule has 7 heteroatoms. The second kappa shape index (κ2) is 7.84. The highest BCUT2D eigenvalue weighted by Gasteiger charge is 2.16. The fourth-order valence-corrected chi connectivity index (χ4v) is 2.11. The van der Waals surface area contributed by atoms with Crippen LogP contribution in [-0.4, -0.2) is 29.3 Å². The number of nitrogens with one attached hydrogen (secondary N) is 1. The number of aliphatic carboxylic acids is 1. The quantitative estimate of drug-likeness (QED) is 0.760. The molecule has 0 bridgehead atoms. The molecule has 0 aliphatic heterocycles. The molecule has 0 saturated carbocycles. The fraction of sp³-hybridized carbons (Fsp3) is 0.385. The van der Waals surface area contributed by atoms with Crippen molar-refractivity contribution in [3.63, 3.8) is 0 Å². The molecular formula is C13H15F2NO3S. The lowest BCUT2D eigenvalue weighted by Gasteiger charge is -2.10. The topological polar surface area (TPSA) is 66.4 Å². The number of carbonyl (C=O) groups is 2. The average molecular weight is 303 g/mol. The number of alkyl halides is 2. The monoisotopic (exact) mass is 303 g/mol. The van der Waals surface area contributed by atoms with E-state index in [1.54, 1.807) is 12.1 Å². The zero-order chi connectivity index (χ0) is 15.1. The maximum Gasteiger partial charge on any atom is 0.306 e. The normalized spacial score (nSPS) is 12.2. The molecule has 0 spiro atoms. The van der Waals surface area contributed by atoms with Gasteiger partial charge in [-0.1, -0.05) is 30.8 Å². The van der Waals surface area contributed by atoms with Gasteiger partial charge in [0.25, 0.3) is 11.7 Å². The summed E-state index contributed by atoms with van der Waals surface area (Å²) in [5.41, 5.74) is 0.167. The summed E-state index contributed by atoms with van der Waals surface area (Å²) in [5.74, 6) is -4.59. The lowest BCUT2D eigenvalue weighted by molar-refractivity contribution is -0.141. The van der Waals surface area contributed by atoms with Crippen molar-refractivity contribution in [3.05, 3.63) is 29.8 Å². The Labute approximate surface area is 119 Å². The third-order valence-corrected chi connectivity index (χ3v) is 3.42. The number of carboxylic acid groups (broad SMARTS) is 1. The van der Waals surface area contributed by atoms with Crippen LogP contribution in [0.5, 0.6) is 0 Å². The molecule has 0 fully saturated rings. The van der Waals surface area contributed by atoms with Gasteiger partial charge >= 0.3 is 5.97 Å². The molecule has 110 valence electrons. The Morgan fingerprint density at radius 2 is 2.00 bits per heavy atom. The van der Waals surface area contributed by atoms with E-state index in [0.29, 0.717) is 11.8 Å². The lowest BCUT2D eigenvalue weighted by atomic mass is 10.1. The van der Waals surface area contributed by atoms with E-state index in [1.807, 2.05) is 0 Å². The SMILES string of the molecule is CC(CCNC(=O)c1ccccc1SC(F)F)C(=O)O. The van der Waals surface area contributed by atoms with Crippen molar-refractivity contribution in [1.82, 2.24) is 5.32 Å². The van der Waals surface area contributed by atoms with E-state index in [0.717, 1.165) is 0 Å². The summed E-state index contributed by atoms with van der Waals surface area (Å²) in [4.78, 5) is 22.7. The number of rotatable bonds is 7. The molecule has 0 heterocycles. The van der Waals surface area contributed by atoms with Crippen LogP contribution < -0.4 is 5.32 Å². The van der Waals surface area contributed by atoms with Gasteiger partial charge in [0.2, 0.25) is 0 Å². The predicted molar refractivity (Wildman–Crippen MR) is 72.1 cm³/mol. The van der Waals surface area contributed by atoms with Gasteiger partial charge in [-0.2, -0.15) is 8.78 Å². The van der Waals surface area contributed by atoms with Crippen molar-refractivity contribution in [2.45, 2.75) is 24.0 Å². The summed E-state index contributed by atoms with van der Waals surface area (Å²) < 4.78 is 24.8. The van der Waals surface area contributed by atoms with E-state index in [-0.39, 0.29) is 23.4 Å². The predicted octanol–water partition coefficient (Wildman–Crippen LogP) is 2.84. The smallest absolute Gasteiger partial charge is 0.306 e. The van der Waals surface area contributed by atoms with Gasteiger partial charge in [0.05, 0.1) is 11.5 Å². The zero-order valence-corrected chi connectivity index (χ0v) is 11.6. The highest BCUT2D eigenvalue weighted by Crippen LogP contribution is 2.28. The van der Waals surface area contributed by atoms with Crippen LogP contribution in [0.2, 0.25) is 0 Å². The fourth-order valence-electron chi connectivity index (χ4n) is 1.47. The Bertz CT molecular complexity index is 482. The molecular weight excluding hydrogens is 288 g/mol. The first-order chi connectivity index (χ1) is 9.41. The van der Waals surface area contributed by atoms with Crippen LogP contribution in [0.15, 0.2) is 29.2 Å². The molecule has 1 rings (SSSR count). The third-order valence-electron chi connectivity index (χ3n) is 2.63. The second-order valence-electron chi connectivity index (χ2n) is 4.16. The zero-order valence-electron chi connectivity index (χ0n) is 10.8. The molecule has 0 saturated heterocycles. The number of carbonyl (C=O) groups excluding carboxylic acids is 1. The van der Waals surface area contributed by atoms with Gasteiger partial charge in [-0.15, -0.1) is 0 Å². The van der Waals surface area contributed by atoms with Crippen LogP contribution in [0.3, 0.4) is 0 Å². The molecule has 1 atom stereocenters. The largest absolute Gasteiger partial charge is 0.481 e. The first kappa shape index (κ1) is 16.4. The second-order valence-corrected chi connectivity index (χ2v) is 5.19. The van der Waals surface area contributed by atoms with E-state index < -0.39 is 23.6 Å². The van der Waals surface area contributed by atoms with E-state index in [2.05, 4.69) is 5.32 Å². The minimum absolute atomic E-state index is 0.167. The third kappa shape index (κ3) is 5.16. The molecule has 0 aliphatic carbocycles. The van der Waals surface area contributed by atoms with Crippen molar-refractivity contribution in [2.75, 3.05) is 6.54 Å². The Kier molecular flexibility index (Phi) is 6.44. The first-order valence-corrected chi connectivity index (χ1v) is 6.84. The minimum atomic E-state index is -2.60. The minimum Gasteiger partial charge on any atom is -0.481 e. The van der Waals surface area contributed by atoms with Gasteiger partial charge in [-0.05, 0) is 18.6 Å². The van der Waals surface area contributed by atoms with E-state index in [4.69, 9.17) is 5.11 Å².